The van der Waals surface area contributed by atoms with Crippen molar-refractivity contribution in [1.82, 2.24) is 9.78 Å². The molecule has 0 unspecified atom stereocenters. The van der Waals surface area contributed by atoms with Crippen LogP contribution in [-0.2, 0) is 21.1 Å². The van der Waals surface area contributed by atoms with Crippen LogP contribution < -0.4 is 0 Å². The summed E-state index contributed by atoms with van der Waals surface area (Å²) in [6.45, 7) is 5.26. The first kappa shape index (κ1) is 20.9. The van der Waals surface area contributed by atoms with Crippen LogP contribution in [0.3, 0.4) is 0 Å². The van der Waals surface area contributed by atoms with Gasteiger partial charge in [0.2, 0.25) is 11.7 Å². The Hall–Kier alpha value is -2.39. The number of halogens is 1. The largest absolute Gasteiger partial charge is 0.493 e. The fourth-order valence-corrected chi connectivity index (χ4v) is 3.68. The summed E-state index contributed by atoms with van der Waals surface area (Å²) in [7, 11) is -3.81. The third kappa shape index (κ3) is 4.14. The molecular formula is C17H19ClN2O6S. The maximum atomic E-state index is 12.8. The Morgan fingerprint density at radius 2 is 1.93 bits per heavy atom. The van der Waals surface area contributed by atoms with E-state index in [-0.39, 0.29) is 26.9 Å². The molecule has 2 rings (SSSR count). The minimum atomic E-state index is -3.81. The average Bonchev–Trinajstić information content (AvgIpc) is 2.92. The molecule has 1 aromatic carbocycles. The lowest BCUT2D eigenvalue weighted by Gasteiger charge is -2.14. The van der Waals surface area contributed by atoms with Gasteiger partial charge in [-0.1, -0.05) is 11.6 Å². The topological polar surface area (TPSA) is 116 Å². The molecule has 0 radical (unpaired) electrons. The number of esters is 1. The maximum absolute atomic E-state index is 12.8. The number of carbonyl (C=O) groups is 2. The first-order chi connectivity index (χ1) is 12.5. The molecule has 0 aliphatic carbocycles. The van der Waals surface area contributed by atoms with Crippen molar-refractivity contribution in [2.45, 2.75) is 38.3 Å². The van der Waals surface area contributed by atoms with E-state index in [0.29, 0.717) is 6.54 Å². The Morgan fingerprint density at radius 1 is 1.30 bits per heavy atom. The van der Waals surface area contributed by atoms with Gasteiger partial charge in [-0.25, -0.2) is 17.9 Å². The van der Waals surface area contributed by atoms with Gasteiger partial charge in [-0.2, -0.15) is 5.10 Å². The second kappa shape index (κ2) is 7.69. The van der Waals surface area contributed by atoms with Crippen LogP contribution in [0, 0.1) is 0 Å². The molecule has 0 spiro atoms. The van der Waals surface area contributed by atoms with Crippen LogP contribution in [0.25, 0.3) is 0 Å². The minimum Gasteiger partial charge on any atom is -0.493 e. The van der Waals surface area contributed by atoms with E-state index in [4.69, 9.17) is 16.3 Å². The van der Waals surface area contributed by atoms with Crippen molar-refractivity contribution in [2.75, 3.05) is 6.26 Å². The number of nitrogens with zero attached hydrogens (tertiary/aromatic N) is 2. The quantitative estimate of drug-likeness (QED) is 0.570. The van der Waals surface area contributed by atoms with E-state index in [2.05, 4.69) is 5.10 Å². The van der Waals surface area contributed by atoms with Crippen LogP contribution >= 0.6 is 11.6 Å². The molecule has 1 heterocycles. The predicted octanol–water partition coefficient (Wildman–Crippen LogP) is 2.46. The molecule has 0 saturated carbocycles. The number of ether oxygens (including phenoxy) is 1. The highest BCUT2D eigenvalue weighted by atomic mass is 35.5. The average molecular weight is 415 g/mol. The van der Waals surface area contributed by atoms with Crippen molar-refractivity contribution in [3.63, 3.8) is 0 Å². The van der Waals surface area contributed by atoms with Gasteiger partial charge in [0.1, 0.15) is 5.56 Å². The summed E-state index contributed by atoms with van der Waals surface area (Å²) < 4.78 is 30.4. The van der Waals surface area contributed by atoms with E-state index in [0.717, 1.165) is 12.3 Å². The first-order valence-corrected chi connectivity index (χ1v) is 10.3. The van der Waals surface area contributed by atoms with Gasteiger partial charge in [0, 0.05) is 18.4 Å². The number of rotatable bonds is 6. The molecule has 0 fully saturated rings. The number of hydrogen-bond acceptors (Lipinski definition) is 7. The Labute approximate surface area is 161 Å². The van der Waals surface area contributed by atoms with Crippen LogP contribution in [-0.4, -0.2) is 47.4 Å². The molecule has 10 heteroatoms. The standard InChI is InChI=1S/C17H19ClN2O6S/c1-5-20-16(22)11(8-19-20)15(21)10-6-7-12(27(4,24)25)13(14(10)18)17(23)26-9(2)3/h6-9,22H,5H2,1-4H3. The highest BCUT2D eigenvalue weighted by molar-refractivity contribution is 7.90. The number of aromatic nitrogens is 2. The number of benzene rings is 1. The van der Waals surface area contributed by atoms with Gasteiger partial charge in [-0.3, -0.25) is 4.79 Å². The molecule has 2 aromatic rings. The van der Waals surface area contributed by atoms with Crippen LogP contribution in [0.2, 0.25) is 5.02 Å². The third-order valence-corrected chi connectivity index (χ3v) is 5.18. The molecular weight excluding hydrogens is 396 g/mol. The number of ketones is 1. The number of hydrogen-bond donors (Lipinski definition) is 1. The minimum absolute atomic E-state index is 0.117. The zero-order chi connectivity index (χ0) is 20.5. The second-order valence-corrected chi connectivity index (χ2v) is 8.42. The Bertz CT molecular complexity index is 1010. The van der Waals surface area contributed by atoms with E-state index in [9.17, 15) is 23.1 Å². The van der Waals surface area contributed by atoms with E-state index < -0.39 is 33.3 Å². The smallest absolute Gasteiger partial charge is 0.341 e. The molecule has 8 nitrogen and oxygen atoms in total. The van der Waals surface area contributed by atoms with Gasteiger partial charge in [0.15, 0.2) is 9.84 Å². The summed E-state index contributed by atoms with van der Waals surface area (Å²) in [5.41, 5.74) is -0.680. The highest BCUT2D eigenvalue weighted by Crippen LogP contribution is 2.32. The van der Waals surface area contributed by atoms with Crippen LogP contribution in [0.15, 0.2) is 23.2 Å². The van der Waals surface area contributed by atoms with Crippen LogP contribution in [0.1, 0.15) is 47.1 Å². The summed E-state index contributed by atoms with van der Waals surface area (Å²) in [6.07, 6.45) is 1.57. The number of aromatic hydroxyl groups is 1. The Morgan fingerprint density at radius 3 is 2.41 bits per heavy atom. The fraction of sp³-hybridized carbons (Fsp3) is 0.353. The van der Waals surface area contributed by atoms with E-state index in [1.165, 1.54) is 16.9 Å². The van der Waals surface area contributed by atoms with Crippen molar-refractivity contribution in [3.05, 3.63) is 40.0 Å². The molecule has 0 atom stereocenters. The van der Waals surface area contributed by atoms with Crippen molar-refractivity contribution in [1.29, 1.82) is 0 Å². The SMILES string of the molecule is CCn1ncc(C(=O)c2ccc(S(C)(=O)=O)c(C(=O)OC(C)C)c2Cl)c1O. The Kier molecular flexibility index (Phi) is 5.96. The van der Waals surface area contributed by atoms with Crippen LogP contribution in [0.4, 0.5) is 0 Å². The van der Waals surface area contributed by atoms with Gasteiger partial charge in [-0.15, -0.1) is 0 Å². The lowest BCUT2D eigenvalue weighted by Crippen LogP contribution is -2.17. The molecule has 0 amide bonds. The Balaban J connectivity index is 2.67. The van der Waals surface area contributed by atoms with Gasteiger partial charge < -0.3 is 9.84 Å². The molecule has 0 aliphatic heterocycles. The van der Waals surface area contributed by atoms with Gasteiger partial charge in [-0.05, 0) is 32.9 Å². The summed E-state index contributed by atoms with van der Waals surface area (Å²) in [4.78, 5) is 24.9. The van der Waals surface area contributed by atoms with E-state index >= 15 is 0 Å². The predicted molar refractivity (Wildman–Crippen MR) is 98.1 cm³/mol. The lowest BCUT2D eigenvalue weighted by molar-refractivity contribution is 0.0373. The zero-order valence-electron chi connectivity index (χ0n) is 15.2. The summed E-state index contributed by atoms with van der Waals surface area (Å²) in [5, 5.41) is 13.6. The molecule has 0 aliphatic rings. The first-order valence-electron chi connectivity index (χ1n) is 8.02. The summed E-state index contributed by atoms with van der Waals surface area (Å²) >= 11 is 6.24. The van der Waals surface area contributed by atoms with Crippen LogP contribution in [0.5, 0.6) is 5.88 Å². The zero-order valence-corrected chi connectivity index (χ0v) is 16.8. The molecule has 0 bridgehead atoms. The van der Waals surface area contributed by atoms with Crippen molar-refractivity contribution in [3.8, 4) is 5.88 Å². The monoisotopic (exact) mass is 414 g/mol. The van der Waals surface area contributed by atoms with E-state index in [1.54, 1.807) is 20.8 Å². The van der Waals surface area contributed by atoms with Gasteiger partial charge in [0.05, 0.1) is 27.8 Å². The third-order valence-electron chi connectivity index (χ3n) is 3.65. The normalized spacial score (nSPS) is 11.6. The molecule has 27 heavy (non-hydrogen) atoms. The molecule has 146 valence electrons. The summed E-state index contributed by atoms with van der Waals surface area (Å²) in [5.74, 6) is -2.01. The van der Waals surface area contributed by atoms with Gasteiger partial charge in [0.25, 0.3) is 0 Å². The van der Waals surface area contributed by atoms with E-state index in [1.807, 2.05) is 0 Å². The number of aryl methyl sites for hydroxylation is 1. The molecule has 1 aromatic heterocycles. The van der Waals surface area contributed by atoms with Crippen molar-refractivity contribution < 1.29 is 27.9 Å². The molecule has 0 saturated heterocycles. The number of sulfone groups is 1. The van der Waals surface area contributed by atoms with Crippen molar-refractivity contribution >= 4 is 33.2 Å². The van der Waals surface area contributed by atoms with Gasteiger partial charge >= 0.3 is 5.97 Å². The van der Waals surface area contributed by atoms with Crippen molar-refractivity contribution in [2.24, 2.45) is 0 Å². The summed E-state index contributed by atoms with van der Waals surface area (Å²) in [6, 6.07) is 2.31. The molecule has 1 N–H and O–H groups in total. The second-order valence-electron chi connectivity index (χ2n) is 6.05. The highest BCUT2D eigenvalue weighted by Gasteiger charge is 2.29. The lowest BCUT2D eigenvalue weighted by atomic mass is 10.0. The fourth-order valence-electron chi connectivity index (χ4n) is 2.42. The number of carbonyl (C=O) groups excluding carboxylic acids is 2. The maximum Gasteiger partial charge on any atom is 0.341 e.